The Morgan fingerprint density at radius 2 is 1.94 bits per heavy atom. The molecule has 0 fully saturated rings. The first-order chi connectivity index (χ1) is 7.38. The number of benzene rings is 1. The van der Waals surface area contributed by atoms with Gasteiger partial charge in [-0.2, -0.15) is 0 Å². The van der Waals surface area contributed by atoms with Crippen LogP contribution in [0.15, 0.2) is 18.2 Å². The molecule has 0 aliphatic rings. The summed E-state index contributed by atoms with van der Waals surface area (Å²) in [5, 5.41) is 18.6. The van der Waals surface area contributed by atoms with E-state index in [2.05, 4.69) is 19.9 Å². The SMILES string of the molecule is CCC(=O)[O-].Cc1ccc(C(C)C)cc1O. The molecule has 1 aromatic carbocycles. The van der Waals surface area contributed by atoms with Crippen molar-refractivity contribution in [2.75, 3.05) is 0 Å². The van der Waals surface area contributed by atoms with Crippen molar-refractivity contribution in [3.8, 4) is 5.75 Å². The summed E-state index contributed by atoms with van der Waals surface area (Å²) in [6, 6.07) is 5.84. The highest BCUT2D eigenvalue weighted by molar-refractivity contribution is 5.63. The molecule has 0 bridgehead atoms. The molecule has 16 heavy (non-hydrogen) atoms. The van der Waals surface area contributed by atoms with Gasteiger partial charge in [-0.1, -0.05) is 32.9 Å². The van der Waals surface area contributed by atoms with Gasteiger partial charge in [0.1, 0.15) is 5.75 Å². The molecular formula is C13H19O3-. The molecule has 0 aliphatic heterocycles. The van der Waals surface area contributed by atoms with Crippen LogP contribution in [-0.2, 0) is 4.79 Å². The third-order valence-corrected chi connectivity index (χ3v) is 2.19. The first-order valence-electron chi connectivity index (χ1n) is 5.37. The quantitative estimate of drug-likeness (QED) is 0.833. The van der Waals surface area contributed by atoms with Crippen LogP contribution in [0.3, 0.4) is 0 Å². The maximum Gasteiger partial charge on any atom is 0.118 e. The van der Waals surface area contributed by atoms with E-state index >= 15 is 0 Å². The van der Waals surface area contributed by atoms with Crippen molar-refractivity contribution < 1.29 is 15.0 Å². The second-order valence-electron chi connectivity index (χ2n) is 3.93. The van der Waals surface area contributed by atoms with E-state index in [0.717, 1.165) is 5.56 Å². The fourth-order valence-corrected chi connectivity index (χ4v) is 0.986. The van der Waals surface area contributed by atoms with Gasteiger partial charge in [0.05, 0.1) is 0 Å². The van der Waals surface area contributed by atoms with Crippen LogP contribution in [0.1, 0.15) is 44.2 Å². The van der Waals surface area contributed by atoms with Crippen molar-refractivity contribution in [2.24, 2.45) is 0 Å². The smallest absolute Gasteiger partial charge is 0.118 e. The van der Waals surface area contributed by atoms with Crippen LogP contribution in [0.4, 0.5) is 0 Å². The largest absolute Gasteiger partial charge is 0.550 e. The van der Waals surface area contributed by atoms with Gasteiger partial charge in [-0.05, 0) is 36.5 Å². The highest BCUT2D eigenvalue weighted by atomic mass is 16.4. The average molecular weight is 223 g/mol. The van der Waals surface area contributed by atoms with Gasteiger partial charge in [-0.15, -0.1) is 0 Å². The maximum atomic E-state index is 9.35. The Labute approximate surface area is 96.7 Å². The first-order valence-corrected chi connectivity index (χ1v) is 5.37. The van der Waals surface area contributed by atoms with Crippen molar-refractivity contribution in [1.29, 1.82) is 0 Å². The number of carboxylic acid groups (broad SMARTS) is 1. The van der Waals surface area contributed by atoms with Crippen LogP contribution < -0.4 is 5.11 Å². The van der Waals surface area contributed by atoms with E-state index < -0.39 is 5.97 Å². The fourth-order valence-electron chi connectivity index (χ4n) is 0.986. The Kier molecular flexibility index (Phi) is 6.23. The number of aryl methyl sites for hydroxylation is 1. The molecular weight excluding hydrogens is 204 g/mol. The molecule has 0 atom stereocenters. The van der Waals surface area contributed by atoms with Crippen LogP contribution in [0.2, 0.25) is 0 Å². The number of carbonyl (C=O) groups is 1. The lowest BCUT2D eigenvalue weighted by Gasteiger charge is -2.06. The van der Waals surface area contributed by atoms with E-state index in [1.54, 1.807) is 0 Å². The number of hydrogen-bond acceptors (Lipinski definition) is 3. The van der Waals surface area contributed by atoms with Crippen molar-refractivity contribution >= 4 is 5.97 Å². The van der Waals surface area contributed by atoms with E-state index in [1.807, 2.05) is 19.1 Å². The van der Waals surface area contributed by atoms with Crippen molar-refractivity contribution in [3.05, 3.63) is 29.3 Å². The number of hydrogen-bond donors (Lipinski definition) is 1. The Morgan fingerprint density at radius 3 is 2.25 bits per heavy atom. The standard InChI is InChI=1S/C10H14O.C3H6O2/c1-7(2)9-5-4-8(3)10(11)6-9;1-2-3(4)5/h4-7,11H,1-3H3;2H2,1H3,(H,4,5)/p-1. The molecule has 3 nitrogen and oxygen atoms in total. The lowest BCUT2D eigenvalue weighted by atomic mass is 10.0. The number of phenolic OH excluding ortho intramolecular Hbond substituents is 1. The minimum Gasteiger partial charge on any atom is -0.550 e. The molecule has 0 radical (unpaired) electrons. The number of rotatable bonds is 2. The summed E-state index contributed by atoms with van der Waals surface area (Å²) in [5.41, 5.74) is 2.13. The number of aromatic hydroxyl groups is 1. The number of phenols is 1. The molecule has 0 aromatic heterocycles. The van der Waals surface area contributed by atoms with Crippen LogP contribution in [0.25, 0.3) is 0 Å². The van der Waals surface area contributed by atoms with E-state index in [4.69, 9.17) is 0 Å². The molecule has 1 aromatic rings. The Hall–Kier alpha value is -1.51. The lowest BCUT2D eigenvalue weighted by Crippen LogP contribution is -2.19. The fraction of sp³-hybridized carbons (Fsp3) is 0.462. The zero-order chi connectivity index (χ0) is 12.7. The highest BCUT2D eigenvalue weighted by Gasteiger charge is 2.00. The van der Waals surface area contributed by atoms with Gasteiger partial charge in [0.25, 0.3) is 0 Å². The number of aliphatic carboxylic acids is 1. The third-order valence-electron chi connectivity index (χ3n) is 2.19. The maximum absolute atomic E-state index is 9.35. The van der Waals surface area contributed by atoms with Gasteiger partial charge >= 0.3 is 0 Å². The molecule has 90 valence electrons. The van der Waals surface area contributed by atoms with Gasteiger partial charge in [-0.25, -0.2) is 0 Å². The summed E-state index contributed by atoms with van der Waals surface area (Å²) >= 11 is 0. The summed E-state index contributed by atoms with van der Waals surface area (Å²) < 4.78 is 0. The molecule has 0 saturated heterocycles. The second-order valence-corrected chi connectivity index (χ2v) is 3.93. The van der Waals surface area contributed by atoms with Crippen molar-refractivity contribution in [2.45, 2.75) is 40.0 Å². The van der Waals surface area contributed by atoms with E-state index in [9.17, 15) is 15.0 Å². The van der Waals surface area contributed by atoms with Crippen molar-refractivity contribution in [1.82, 2.24) is 0 Å². The van der Waals surface area contributed by atoms with Gasteiger partial charge in [0.2, 0.25) is 0 Å². The number of carboxylic acids is 1. The molecule has 0 spiro atoms. The topological polar surface area (TPSA) is 60.4 Å². The minimum absolute atomic E-state index is 0.111. The van der Waals surface area contributed by atoms with Crippen LogP contribution >= 0.6 is 0 Å². The predicted molar refractivity (Wildman–Crippen MR) is 62.2 cm³/mol. The molecule has 0 saturated carbocycles. The summed E-state index contributed by atoms with van der Waals surface area (Å²) in [7, 11) is 0. The van der Waals surface area contributed by atoms with Gasteiger partial charge in [0, 0.05) is 5.97 Å². The minimum atomic E-state index is -0.995. The van der Waals surface area contributed by atoms with Crippen LogP contribution in [0.5, 0.6) is 5.75 Å². The second kappa shape index (κ2) is 6.88. The summed E-state index contributed by atoms with van der Waals surface area (Å²) in [6.07, 6.45) is 0.111. The van der Waals surface area contributed by atoms with Crippen molar-refractivity contribution in [3.63, 3.8) is 0 Å². The normalized spacial score (nSPS) is 9.56. The lowest BCUT2D eigenvalue weighted by molar-refractivity contribution is -0.305. The summed E-state index contributed by atoms with van der Waals surface area (Å²) in [5.74, 6) is -0.109. The summed E-state index contributed by atoms with van der Waals surface area (Å²) in [4.78, 5) is 9.26. The predicted octanol–water partition coefficient (Wildman–Crippen LogP) is 1.97. The highest BCUT2D eigenvalue weighted by Crippen LogP contribution is 2.22. The average Bonchev–Trinajstić information content (AvgIpc) is 2.22. The van der Waals surface area contributed by atoms with Gasteiger partial charge in [-0.3, -0.25) is 0 Å². The van der Waals surface area contributed by atoms with E-state index in [-0.39, 0.29) is 6.42 Å². The molecule has 0 heterocycles. The van der Waals surface area contributed by atoms with E-state index in [1.165, 1.54) is 12.5 Å². The van der Waals surface area contributed by atoms with Gasteiger partial charge < -0.3 is 15.0 Å². The molecule has 0 amide bonds. The van der Waals surface area contributed by atoms with E-state index in [0.29, 0.717) is 11.7 Å². The third kappa shape index (κ3) is 5.39. The number of carbonyl (C=O) groups excluding carboxylic acids is 1. The first kappa shape index (κ1) is 14.5. The van der Waals surface area contributed by atoms with Crippen LogP contribution in [0, 0.1) is 6.92 Å². The molecule has 3 heteroatoms. The Balaban J connectivity index is 0.000000385. The monoisotopic (exact) mass is 223 g/mol. The molecule has 1 N–H and O–H groups in total. The molecule has 0 aliphatic carbocycles. The van der Waals surface area contributed by atoms with Gasteiger partial charge in [0.15, 0.2) is 0 Å². The summed E-state index contributed by atoms with van der Waals surface area (Å²) in [6.45, 7) is 7.67. The molecule has 0 unspecified atom stereocenters. The Morgan fingerprint density at radius 1 is 1.44 bits per heavy atom. The zero-order valence-electron chi connectivity index (χ0n) is 10.3. The zero-order valence-corrected chi connectivity index (χ0v) is 10.3. The molecule has 1 rings (SSSR count). The van der Waals surface area contributed by atoms with Crippen LogP contribution in [-0.4, -0.2) is 11.1 Å². The Bertz CT molecular complexity index is 343.